The summed E-state index contributed by atoms with van der Waals surface area (Å²) in [6.45, 7) is 3.35. The van der Waals surface area contributed by atoms with E-state index in [9.17, 15) is 4.79 Å². The number of anilines is 2. The summed E-state index contributed by atoms with van der Waals surface area (Å²) in [5.41, 5.74) is 4.70. The molecule has 1 saturated heterocycles. The standard InChI is InChI=1S/C25H30N6O3/c1-33-25(32)22-15-29-23(16-28-22)30-19-4-2-17(3-5-19)12-18-13-20(31-8-10-34-11-9-31)14-21-24(18)27-7-6-26-21/h6-7,13-17,19H,2-5,8-12H2,1H3,(H,29,30). The van der Waals surface area contributed by atoms with Crippen molar-refractivity contribution < 1.29 is 14.3 Å². The van der Waals surface area contributed by atoms with Crippen LogP contribution in [0.1, 0.15) is 41.7 Å². The van der Waals surface area contributed by atoms with Gasteiger partial charge in [0.1, 0.15) is 5.82 Å². The molecule has 9 nitrogen and oxygen atoms in total. The van der Waals surface area contributed by atoms with Gasteiger partial charge in [-0.05, 0) is 55.7 Å². The van der Waals surface area contributed by atoms with Gasteiger partial charge in [-0.1, -0.05) is 0 Å². The predicted molar refractivity (Wildman–Crippen MR) is 129 cm³/mol. The molecule has 1 saturated carbocycles. The fourth-order valence-electron chi connectivity index (χ4n) is 4.93. The molecule has 5 rings (SSSR count). The van der Waals surface area contributed by atoms with Crippen LogP contribution < -0.4 is 10.2 Å². The third-order valence-corrected chi connectivity index (χ3v) is 6.77. The quantitative estimate of drug-likeness (QED) is 0.553. The lowest BCUT2D eigenvalue weighted by Crippen LogP contribution is -2.36. The van der Waals surface area contributed by atoms with Crippen molar-refractivity contribution in [1.82, 2.24) is 19.9 Å². The molecule has 1 N–H and O–H groups in total. The number of nitrogens with one attached hydrogen (secondary N) is 1. The number of nitrogens with zero attached hydrogens (tertiary/aromatic N) is 5. The number of esters is 1. The van der Waals surface area contributed by atoms with Crippen LogP contribution >= 0.6 is 0 Å². The second-order valence-electron chi connectivity index (χ2n) is 8.97. The average molecular weight is 463 g/mol. The van der Waals surface area contributed by atoms with Crippen molar-refractivity contribution in [3.8, 4) is 0 Å². The maximum atomic E-state index is 11.5. The molecule has 0 atom stereocenters. The smallest absolute Gasteiger partial charge is 0.358 e. The topological polar surface area (TPSA) is 102 Å². The van der Waals surface area contributed by atoms with E-state index in [0.717, 1.165) is 69.4 Å². The zero-order valence-electron chi connectivity index (χ0n) is 19.4. The minimum atomic E-state index is -0.477. The van der Waals surface area contributed by atoms with Gasteiger partial charge in [0.25, 0.3) is 0 Å². The van der Waals surface area contributed by atoms with Gasteiger partial charge in [-0.3, -0.25) is 9.97 Å². The number of hydrogen-bond donors (Lipinski definition) is 1. The Kier molecular flexibility index (Phi) is 6.80. The number of morpholine rings is 1. The van der Waals surface area contributed by atoms with Crippen LogP contribution in [0.2, 0.25) is 0 Å². The number of hydrogen-bond acceptors (Lipinski definition) is 9. The third-order valence-electron chi connectivity index (χ3n) is 6.77. The number of rotatable bonds is 6. The zero-order valence-corrected chi connectivity index (χ0v) is 19.4. The molecule has 0 spiro atoms. The Morgan fingerprint density at radius 2 is 1.85 bits per heavy atom. The largest absolute Gasteiger partial charge is 0.464 e. The van der Waals surface area contributed by atoms with Crippen LogP contribution in [0, 0.1) is 5.92 Å². The summed E-state index contributed by atoms with van der Waals surface area (Å²) >= 11 is 0. The Bertz CT molecular complexity index is 1130. The third kappa shape index (κ3) is 5.09. The van der Waals surface area contributed by atoms with Crippen molar-refractivity contribution in [3.63, 3.8) is 0 Å². The molecule has 2 aliphatic rings. The summed E-state index contributed by atoms with van der Waals surface area (Å²) in [4.78, 5) is 31.6. The van der Waals surface area contributed by atoms with Crippen LogP contribution in [0.4, 0.5) is 11.5 Å². The van der Waals surface area contributed by atoms with E-state index in [2.05, 4.69) is 47.0 Å². The second kappa shape index (κ2) is 10.3. The van der Waals surface area contributed by atoms with E-state index in [0.29, 0.717) is 17.8 Å². The highest BCUT2D eigenvalue weighted by Gasteiger charge is 2.24. The lowest BCUT2D eigenvalue weighted by Gasteiger charge is -2.31. The molecule has 178 valence electrons. The molecule has 0 radical (unpaired) electrons. The van der Waals surface area contributed by atoms with Gasteiger partial charge in [-0.2, -0.15) is 0 Å². The fourth-order valence-corrected chi connectivity index (χ4v) is 4.93. The Hall–Kier alpha value is -3.33. The van der Waals surface area contributed by atoms with Gasteiger partial charge >= 0.3 is 5.97 Å². The summed E-state index contributed by atoms with van der Waals surface area (Å²) in [7, 11) is 1.34. The molecule has 1 aliphatic carbocycles. The molecular weight excluding hydrogens is 432 g/mol. The van der Waals surface area contributed by atoms with Gasteiger partial charge in [0.2, 0.25) is 0 Å². The van der Waals surface area contributed by atoms with E-state index < -0.39 is 5.97 Å². The maximum absolute atomic E-state index is 11.5. The molecule has 3 aromatic rings. The van der Waals surface area contributed by atoms with Crippen LogP contribution in [0.25, 0.3) is 11.0 Å². The van der Waals surface area contributed by atoms with Crippen LogP contribution in [0.5, 0.6) is 0 Å². The zero-order chi connectivity index (χ0) is 23.3. The van der Waals surface area contributed by atoms with Gasteiger partial charge in [-0.25, -0.2) is 14.8 Å². The summed E-state index contributed by atoms with van der Waals surface area (Å²) in [5, 5.41) is 3.46. The van der Waals surface area contributed by atoms with E-state index in [-0.39, 0.29) is 5.69 Å². The molecule has 3 heterocycles. The Balaban J connectivity index is 1.23. The van der Waals surface area contributed by atoms with Crippen molar-refractivity contribution in [1.29, 1.82) is 0 Å². The molecule has 0 bridgehead atoms. The second-order valence-corrected chi connectivity index (χ2v) is 8.97. The van der Waals surface area contributed by atoms with Crippen molar-refractivity contribution >= 4 is 28.5 Å². The van der Waals surface area contributed by atoms with E-state index in [1.807, 2.05) is 0 Å². The van der Waals surface area contributed by atoms with Crippen LogP contribution in [0.3, 0.4) is 0 Å². The van der Waals surface area contributed by atoms with Gasteiger partial charge in [-0.15, -0.1) is 0 Å². The number of ether oxygens (including phenoxy) is 2. The lowest BCUT2D eigenvalue weighted by atomic mass is 9.82. The monoisotopic (exact) mass is 462 g/mol. The van der Waals surface area contributed by atoms with Crippen molar-refractivity contribution in [2.75, 3.05) is 43.6 Å². The van der Waals surface area contributed by atoms with Gasteiger partial charge in [0.05, 0.1) is 43.8 Å². The molecule has 2 fully saturated rings. The van der Waals surface area contributed by atoms with E-state index in [1.54, 1.807) is 18.6 Å². The number of fused-ring (bicyclic) bond motifs is 1. The fraction of sp³-hybridized carbons (Fsp3) is 0.480. The number of aromatic nitrogens is 4. The average Bonchev–Trinajstić information content (AvgIpc) is 2.90. The SMILES string of the molecule is COC(=O)c1cnc(NC2CCC(Cc3cc(N4CCOCC4)cc4nccnc34)CC2)cn1. The highest BCUT2D eigenvalue weighted by Crippen LogP contribution is 2.32. The van der Waals surface area contributed by atoms with E-state index in [1.165, 1.54) is 24.6 Å². The van der Waals surface area contributed by atoms with Crippen molar-refractivity contribution in [3.05, 3.63) is 48.2 Å². The first kappa shape index (κ1) is 22.5. The molecule has 2 aromatic heterocycles. The molecule has 1 aromatic carbocycles. The molecule has 1 aliphatic heterocycles. The summed E-state index contributed by atoms with van der Waals surface area (Å²) in [5.74, 6) is 0.820. The molecule has 0 unspecified atom stereocenters. The van der Waals surface area contributed by atoms with Crippen LogP contribution in [0.15, 0.2) is 36.9 Å². The molecular formula is C25H30N6O3. The number of methoxy groups -OCH3 is 1. The Morgan fingerprint density at radius 3 is 2.59 bits per heavy atom. The van der Waals surface area contributed by atoms with Crippen LogP contribution in [-0.4, -0.2) is 65.4 Å². The minimum Gasteiger partial charge on any atom is -0.464 e. The maximum Gasteiger partial charge on any atom is 0.358 e. The van der Waals surface area contributed by atoms with Gasteiger partial charge in [0.15, 0.2) is 5.69 Å². The van der Waals surface area contributed by atoms with E-state index >= 15 is 0 Å². The first-order chi connectivity index (χ1) is 16.7. The minimum absolute atomic E-state index is 0.214. The summed E-state index contributed by atoms with van der Waals surface area (Å²) in [6.07, 6.45) is 12.0. The summed E-state index contributed by atoms with van der Waals surface area (Å²) in [6, 6.07) is 4.82. The normalized spacial score (nSPS) is 20.8. The van der Waals surface area contributed by atoms with Gasteiger partial charge < -0.3 is 19.7 Å². The number of benzene rings is 1. The summed E-state index contributed by atoms with van der Waals surface area (Å²) < 4.78 is 10.2. The Morgan fingerprint density at radius 1 is 1.06 bits per heavy atom. The molecule has 34 heavy (non-hydrogen) atoms. The van der Waals surface area contributed by atoms with Crippen LogP contribution in [-0.2, 0) is 15.9 Å². The number of carbonyl (C=O) groups excluding carboxylic acids is 1. The highest BCUT2D eigenvalue weighted by molar-refractivity contribution is 5.86. The highest BCUT2D eigenvalue weighted by atomic mass is 16.5. The van der Waals surface area contributed by atoms with Crippen molar-refractivity contribution in [2.24, 2.45) is 5.92 Å². The molecule has 9 heteroatoms. The van der Waals surface area contributed by atoms with Gasteiger partial charge in [0, 0.05) is 37.2 Å². The predicted octanol–water partition coefficient (Wildman–Crippen LogP) is 3.26. The number of carbonyl (C=O) groups is 1. The first-order valence-corrected chi connectivity index (χ1v) is 11.9. The van der Waals surface area contributed by atoms with Crippen molar-refractivity contribution in [2.45, 2.75) is 38.1 Å². The lowest BCUT2D eigenvalue weighted by molar-refractivity contribution is 0.0593. The molecule has 0 amide bonds. The Labute approximate surface area is 198 Å². The first-order valence-electron chi connectivity index (χ1n) is 11.9. The van der Waals surface area contributed by atoms with E-state index in [4.69, 9.17) is 4.74 Å².